The van der Waals surface area contributed by atoms with E-state index in [0.29, 0.717) is 12.0 Å². The van der Waals surface area contributed by atoms with Crippen molar-refractivity contribution in [1.82, 2.24) is 15.2 Å². The number of nitrogens with zero attached hydrogens (tertiary/aromatic N) is 2. The van der Waals surface area contributed by atoms with Crippen LogP contribution in [0.4, 0.5) is 4.79 Å². The normalized spacial score (nSPS) is 18.7. The summed E-state index contributed by atoms with van der Waals surface area (Å²) < 4.78 is 13.1. The zero-order valence-electron chi connectivity index (χ0n) is 28.5. The number of hydrogen-bond acceptors (Lipinski definition) is 5. The van der Waals surface area contributed by atoms with Crippen LogP contribution in [0, 0.1) is 0 Å². The Morgan fingerprint density at radius 3 is 2.16 bits per heavy atom. The van der Waals surface area contributed by atoms with Crippen LogP contribution in [0.2, 0.25) is 18.1 Å². The molecule has 4 rings (SSSR count). The molecule has 1 aliphatic heterocycles. The molecule has 242 valence electrons. The van der Waals surface area contributed by atoms with Crippen LogP contribution in [-0.4, -0.2) is 47.9 Å². The molecule has 0 spiro atoms. The van der Waals surface area contributed by atoms with Gasteiger partial charge in [-0.2, -0.15) is 0 Å². The molecule has 2 amide bonds. The van der Waals surface area contributed by atoms with Gasteiger partial charge in [0.2, 0.25) is 0 Å². The van der Waals surface area contributed by atoms with Gasteiger partial charge < -0.3 is 14.5 Å². The summed E-state index contributed by atoms with van der Waals surface area (Å²) in [7, 11) is -2.20. The molecule has 0 radical (unpaired) electrons. The Morgan fingerprint density at radius 1 is 0.933 bits per heavy atom. The largest absolute Gasteiger partial charge is 0.444 e. The van der Waals surface area contributed by atoms with E-state index in [1.807, 2.05) is 93.3 Å². The van der Waals surface area contributed by atoms with E-state index in [1.165, 1.54) is 0 Å². The number of ether oxygens (including phenoxy) is 1. The Hall–Kier alpha value is -3.49. The van der Waals surface area contributed by atoms with Gasteiger partial charge in [-0.05, 0) is 100 Å². The monoisotopic (exact) mass is 629 g/mol. The number of rotatable bonds is 9. The quantitative estimate of drug-likeness (QED) is 0.240. The van der Waals surface area contributed by atoms with Crippen molar-refractivity contribution in [2.75, 3.05) is 0 Å². The second-order valence-electron chi connectivity index (χ2n) is 14.7. The Morgan fingerprint density at radius 2 is 1.58 bits per heavy atom. The van der Waals surface area contributed by atoms with Crippen molar-refractivity contribution in [3.8, 4) is 0 Å². The lowest BCUT2D eigenvalue weighted by Gasteiger charge is -2.43. The molecule has 1 aliphatic rings. The predicted molar refractivity (Wildman–Crippen MR) is 183 cm³/mol. The first-order valence-corrected chi connectivity index (χ1v) is 19.0. The number of benzene rings is 2. The maximum Gasteiger partial charge on any atom is 0.410 e. The molecule has 2 aromatic carbocycles. The van der Waals surface area contributed by atoms with Crippen LogP contribution in [0.3, 0.4) is 0 Å². The van der Waals surface area contributed by atoms with Crippen molar-refractivity contribution in [3.63, 3.8) is 0 Å². The highest BCUT2D eigenvalue weighted by atomic mass is 28.4. The van der Waals surface area contributed by atoms with Gasteiger partial charge in [-0.15, -0.1) is 0 Å². The van der Waals surface area contributed by atoms with Gasteiger partial charge in [0.25, 0.3) is 5.91 Å². The van der Waals surface area contributed by atoms with Crippen molar-refractivity contribution in [2.24, 2.45) is 0 Å². The zero-order valence-corrected chi connectivity index (χ0v) is 29.5. The van der Waals surface area contributed by atoms with E-state index in [2.05, 4.69) is 56.3 Å². The molecule has 8 heteroatoms. The highest BCUT2D eigenvalue weighted by Crippen LogP contribution is 2.44. The van der Waals surface area contributed by atoms with Crippen LogP contribution in [0.25, 0.3) is 0 Å². The molecular formula is C37H51N3O4Si. The first kappa shape index (κ1) is 34.4. The van der Waals surface area contributed by atoms with Crippen LogP contribution < -0.4 is 5.32 Å². The summed E-state index contributed by atoms with van der Waals surface area (Å²) in [4.78, 5) is 33.2. The fourth-order valence-corrected chi connectivity index (χ4v) is 6.85. The molecule has 0 aliphatic carbocycles. The Balaban J connectivity index is 1.58. The van der Waals surface area contributed by atoms with Gasteiger partial charge in [0.1, 0.15) is 5.60 Å². The lowest BCUT2D eigenvalue weighted by atomic mass is 10.0. The minimum absolute atomic E-state index is 0.0121. The average Bonchev–Trinajstić information content (AvgIpc) is 3.39. The Kier molecular flexibility index (Phi) is 10.6. The maximum absolute atomic E-state index is 13.9. The van der Waals surface area contributed by atoms with E-state index in [9.17, 15) is 9.59 Å². The molecule has 1 unspecified atom stereocenters. The number of aromatic nitrogens is 1. The zero-order chi connectivity index (χ0) is 33.0. The minimum atomic E-state index is -2.20. The van der Waals surface area contributed by atoms with Crippen LogP contribution in [0.5, 0.6) is 0 Å². The summed E-state index contributed by atoms with van der Waals surface area (Å²) in [5.74, 6) is -0.149. The fraction of sp³-hybridized carbons (Fsp3) is 0.486. The van der Waals surface area contributed by atoms with Crippen LogP contribution in [-0.2, 0) is 15.6 Å². The number of carbonyl (C=O) groups is 2. The molecule has 2 heterocycles. The van der Waals surface area contributed by atoms with Crippen molar-refractivity contribution in [3.05, 3.63) is 101 Å². The van der Waals surface area contributed by atoms with E-state index in [-0.39, 0.29) is 41.3 Å². The SMILES string of the molecule is CC(NC(=O)c1ccc(C[C@@H]2CC[C@H]([C@H](O[Si](C)(C)C(C)(C)C)c3ccccc3)N2C(=O)OC(C)(C)C)cc1)c1ccccn1. The number of hydrogen-bond donors (Lipinski definition) is 1. The van der Waals surface area contributed by atoms with Crippen molar-refractivity contribution < 1.29 is 18.8 Å². The van der Waals surface area contributed by atoms with Crippen LogP contribution in [0.1, 0.15) is 101 Å². The molecule has 7 nitrogen and oxygen atoms in total. The number of nitrogens with one attached hydrogen (secondary N) is 1. The summed E-state index contributed by atoms with van der Waals surface area (Å²) in [6.45, 7) is 18.9. The molecule has 1 N–H and O–H groups in total. The van der Waals surface area contributed by atoms with Crippen molar-refractivity contribution >= 4 is 20.3 Å². The van der Waals surface area contributed by atoms with Gasteiger partial charge in [-0.25, -0.2) is 4.79 Å². The summed E-state index contributed by atoms with van der Waals surface area (Å²) in [6.07, 6.45) is 3.44. The van der Waals surface area contributed by atoms with Gasteiger partial charge in [0, 0.05) is 17.8 Å². The van der Waals surface area contributed by atoms with Crippen molar-refractivity contribution in [2.45, 2.75) is 116 Å². The first-order chi connectivity index (χ1) is 21.1. The van der Waals surface area contributed by atoms with Crippen LogP contribution >= 0.6 is 0 Å². The second-order valence-corrected chi connectivity index (χ2v) is 19.5. The molecule has 0 bridgehead atoms. The number of pyridine rings is 1. The third-order valence-corrected chi connectivity index (χ3v) is 13.5. The fourth-order valence-electron chi connectivity index (χ4n) is 5.56. The molecule has 0 saturated carbocycles. The minimum Gasteiger partial charge on any atom is -0.444 e. The smallest absolute Gasteiger partial charge is 0.410 e. The van der Waals surface area contributed by atoms with E-state index >= 15 is 0 Å². The number of likely N-dealkylation sites (tertiary alicyclic amines) is 1. The summed E-state index contributed by atoms with van der Waals surface area (Å²) in [6, 6.07) is 23.2. The van der Waals surface area contributed by atoms with Gasteiger partial charge >= 0.3 is 6.09 Å². The summed E-state index contributed by atoms with van der Waals surface area (Å²) in [5.41, 5.74) is 2.91. The molecular weight excluding hydrogens is 579 g/mol. The van der Waals surface area contributed by atoms with Gasteiger partial charge in [0.05, 0.1) is 23.9 Å². The number of amides is 2. The molecule has 3 aromatic rings. The molecule has 1 saturated heterocycles. The first-order valence-electron chi connectivity index (χ1n) is 16.1. The topological polar surface area (TPSA) is 80.8 Å². The third kappa shape index (κ3) is 8.82. The van der Waals surface area contributed by atoms with Gasteiger partial charge in [-0.1, -0.05) is 69.3 Å². The van der Waals surface area contributed by atoms with E-state index in [1.54, 1.807) is 6.20 Å². The van der Waals surface area contributed by atoms with Crippen molar-refractivity contribution in [1.29, 1.82) is 0 Å². The van der Waals surface area contributed by atoms with Crippen LogP contribution in [0.15, 0.2) is 79.0 Å². The lowest BCUT2D eigenvalue weighted by molar-refractivity contribution is -0.00239. The average molecular weight is 630 g/mol. The van der Waals surface area contributed by atoms with E-state index in [0.717, 1.165) is 29.7 Å². The lowest BCUT2D eigenvalue weighted by Crippen LogP contribution is -2.50. The van der Waals surface area contributed by atoms with E-state index in [4.69, 9.17) is 9.16 Å². The highest BCUT2D eigenvalue weighted by Gasteiger charge is 2.47. The molecule has 45 heavy (non-hydrogen) atoms. The molecule has 1 fully saturated rings. The molecule has 4 atom stereocenters. The Bertz CT molecular complexity index is 1420. The second kappa shape index (κ2) is 13.9. The predicted octanol–water partition coefficient (Wildman–Crippen LogP) is 8.65. The maximum atomic E-state index is 13.9. The third-order valence-electron chi connectivity index (χ3n) is 9.02. The van der Waals surface area contributed by atoms with E-state index < -0.39 is 13.9 Å². The summed E-state index contributed by atoms with van der Waals surface area (Å²) in [5, 5.41) is 3.04. The Labute approximate surface area is 270 Å². The van der Waals surface area contributed by atoms with Gasteiger partial charge in [-0.3, -0.25) is 14.7 Å². The molecule has 1 aromatic heterocycles. The highest BCUT2D eigenvalue weighted by molar-refractivity contribution is 6.74. The number of carbonyl (C=O) groups excluding carboxylic acids is 2. The summed E-state index contributed by atoms with van der Waals surface area (Å²) >= 11 is 0. The standard InChI is InChI=1S/C37H51N3O4Si/c1-26(31-17-13-14-24-38-31)39-34(41)29-20-18-27(19-21-29)25-30-22-23-32(40(30)35(42)43-36(2,3)4)33(28-15-11-10-12-16-28)44-45(8,9)37(5,6)7/h10-21,24,26,30,32-33H,22-23,25H2,1-9H3,(H,39,41)/t26?,30-,32+,33+/m0/s1. The van der Waals surface area contributed by atoms with Gasteiger partial charge in [0.15, 0.2) is 8.32 Å².